The summed E-state index contributed by atoms with van der Waals surface area (Å²) >= 11 is 0. The molecule has 0 unspecified atom stereocenters. The first-order chi connectivity index (χ1) is 6.99. The molecule has 0 radical (unpaired) electrons. The number of esters is 1. The van der Waals surface area contributed by atoms with E-state index in [1.165, 1.54) is 6.92 Å². The summed E-state index contributed by atoms with van der Waals surface area (Å²) in [6, 6.07) is 0.243. The van der Waals surface area contributed by atoms with Crippen LogP contribution in [0.4, 0.5) is 13.2 Å². The number of aromatic hydroxyl groups is 1. The Morgan fingerprint density at radius 1 is 1.40 bits per heavy atom. The maximum atomic E-state index is 13.1. The molecule has 0 saturated carbocycles. The zero-order valence-electron chi connectivity index (χ0n) is 7.68. The van der Waals surface area contributed by atoms with Gasteiger partial charge in [-0.05, 0) is 6.92 Å². The summed E-state index contributed by atoms with van der Waals surface area (Å²) in [6.45, 7) is 1.31. The number of hydrogen-bond acceptors (Lipinski definition) is 3. The lowest BCUT2D eigenvalue weighted by Crippen LogP contribution is -2.11. The summed E-state index contributed by atoms with van der Waals surface area (Å²) in [5.41, 5.74) is -1.23. The SMILES string of the molecule is CCOC(=O)c1c(F)c(O)cc(F)c1F. The van der Waals surface area contributed by atoms with Crippen molar-refractivity contribution in [1.82, 2.24) is 0 Å². The standard InChI is InChI=1S/C9H7F3O3/c1-2-15-9(14)6-7(11)4(10)3-5(13)8(6)12/h3,13H,2H2,1H3. The number of carbonyl (C=O) groups is 1. The van der Waals surface area contributed by atoms with E-state index in [1.54, 1.807) is 0 Å². The van der Waals surface area contributed by atoms with Crippen molar-refractivity contribution in [1.29, 1.82) is 0 Å². The second kappa shape index (κ2) is 4.20. The molecule has 0 aromatic heterocycles. The van der Waals surface area contributed by atoms with E-state index < -0.39 is 34.7 Å². The van der Waals surface area contributed by atoms with Gasteiger partial charge in [0.2, 0.25) is 0 Å². The highest BCUT2D eigenvalue weighted by Crippen LogP contribution is 2.25. The summed E-state index contributed by atoms with van der Waals surface area (Å²) < 4.78 is 43.1. The molecular weight excluding hydrogens is 213 g/mol. The van der Waals surface area contributed by atoms with E-state index in [2.05, 4.69) is 4.74 Å². The maximum Gasteiger partial charge on any atom is 0.344 e. The highest BCUT2D eigenvalue weighted by molar-refractivity contribution is 5.90. The Morgan fingerprint density at radius 3 is 2.53 bits per heavy atom. The first kappa shape index (κ1) is 11.4. The molecule has 0 bridgehead atoms. The molecule has 15 heavy (non-hydrogen) atoms. The van der Waals surface area contributed by atoms with Crippen LogP contribution in [-0.2, 0) is 4.74 Å². The summed E-state index contributed by atoms with van der Waals surface area (Å²) in [4.78, 5) is 11.0. The third kappa shape index (κ3) is 2.03. The molecule has 0 amide bonds. The van der Waals surface area contributed by atoms with Gasteiger partial charge in [-0.3, -0.25) is 0 Å². The minimum Gasteiger partial charge on any atom is -0.505 e. The molecule has 82 valence electrons. The normalized spacial score (nSPS) is 10.1. The minimum atomic E-state index is -1.68. The molecule has 0 fully saturated rings. The molecule has 1 N–H and O–H groups in total. The highest BCUT2D eigenvalue weighted by Gasteiger charge is 2.25. The molecule has 0 atom stereocenters. The number of ether oxygens (including phenoxy) is 1. The average molecular weight is 220 g/mol. The smallest absolute Gasteiger partial charge is 0.344 e. The second-order valence-electron chi connectivity index (χ2n) is 2.60. The predicted octanol–water partition coefficient (Wildman–Crippen LogP) is 1.99. The molecule has 1 aromatic rings. The Hall–Kier alpha value is -1.72. The Bertz CT molecular complexity index is 378. The van der Waals surface area contributed by atoms with Crippen molar-refractivity contribution >= 4 is 5.97 Å². The number of hydrogen-bond donors (Lipinski definition) is 1. The second-order valence-corrected chi connectivity index (χ2v) is 2.60. The first-order valence-corrected chi connectivity index (χ1v) is 4.02. The Morgan fingerprint density at radius 2 is 2.00 bits per heavy atom. The van der Waals surface area contributed by atoms with E-state index in [9.17, 15) is 18.0 Å². The third-order valence-corrected chi connectivity index (χ3v) is 1.62. The van der Waals surface area contributed by atoms with E-state index in [0.29, 0.717) is 0 Å². The summed E-state index contributed by atoms with van der Waals surface area (Å²) in [7, 11) is 0. The van der Waals surface area contributed by atoms with Gasteiger partial charge >= 0.3 is 5.97 Å². The lowest BCUT2D eigenvalue weighted by atomic mass is 10.2. The Labute approximate surface area is 83.1 Å². The minimum absolute atomic E-state index is 0.116. The van der Waals surface area contributed by atoms with Gasteiger partial charge in [-0.25, -0.2) is 18.0 Å². The molecule has 1 aromatic carbocycles. The van der Waals surface area contributed by atoms with E-state index in [0.717, 1.165) is 0 Å². The van der Waals surface area contributed by atoms with Crippen LogP contribution in [0.1, 0.15) is 17.3 Å². The molecule has 1 rings (SSSR count). The van der Waals surface area contributed by atoms with Gasteiger partial charge in [-0.15, -0.1) is 0 Å². The zero-order valence-corrected chi connectivity index (χ0v) is 7.68. The van der Waals surface area contributed by atoms with Crippen LogP contribution in [-0.4, -0.2) is 17.7 Å². The van der Waals surface area contributed by atoms with Gasteiger partial charge in [-0.1, -0.05) is 0 Å². The number of phenols is 1. The topological polar surface area (TPSA) is 46.5 Å². The van der Waals surface area contributed by atoms with Crippen molar-refractivity contribution in [3.05, 3.63) is 29.1 Å². The van der Waals surface area contributed by atoms with Crippen LogP contribution in [0.3, 0.4) is 0 Å². The van der Waals surface area contributed by atoms with Gasteiger partial charge < -0.3 is 9.84 Å². The third-order valence-electron chi connectivity index (χ3n) is 1.62. The number of benzene rings is 1. The summed E-state index contributed by atoms with van der Waals surface area (Å²) in [5.74, 6) is -7.23. The monoisotopic (exact) mass is 220 g/mol. The molecule has 6 heteroatoms. The molecule has 0 spiro atoms. The predicted molar refractivity (Wildman–Crippen MR) is 43.9 cm³/mol. The zero-order chi connectivity index (χ0) is 11.6. The van der Waals surface area contributed by atoms with Crippen LogP contribution in [0.5, 0.6) is 5.75 Å². The van der Waals surface area contributed by atoms with E-state index >= 15 is 0 Å². The van der Waals surface area contributed by atoms with Gasteiger partial charge in [0.15, 0.2) is 23.2 Å². The van der Waals surface area contributed by atoms with Gasteiger partial charge in [0, 0.05) is 6.07 Å². The van der Waals surface area contributed by atoms with Crippen LogP contribution in [0.15, 0.2) is 6.07 Å². The number of phenolic OH excluding ortho intramolecular Hbond substituents is 1. The maximum absolute atomic E-state index is 13.1. The van der Waals surface area contributed by atoms with Gasteiger partial charge in [-0.2, -0.15) is 0 Å². The quantitative estimate of drug-likeness (QED) is 0.612. The van der Waals surface area contributed by atoms with Crippen molar-refractivity contribution in [3.63, 3.8) is 0 Å². The Kier molecular flexibility index (Phi) is 3.18. The highest BCUT2D eigenvalue weighted by atomic mass is 19.2. The van der Waals surface area contributed by atoms with Crippen molar-refractivity contribution in [3.8, 4) is 5.75 Å². The largest absolute Gasteiger partial charge is 0.505 e. The Balaban J connectivity index is 3.32. The van der Waals surface area contributed by atoms with Gasteiger partial charge in [0.25, 0.3) is 0 Å². The molecular formula is C9H7F3O3. The van der Waals surface area contributed by atoms with Crippen LogP contribution >= 0.6 is 0 Å². The molecule has 0 heterocycles. The number of carbonyl (C=O) groups excluding carboxylic acids is 1. The summed E-state index contributed by atoms with van der Waals surface area (Å²) in [6.07, 6.45) is 0. The molecule has 0 aliphatic heterocycles. The molecule has 3 nitrogen and oxygen atoms in total. The molecule has 0 aliphatic rings. The molecule has 0 aliphatic carbocycles. The fraction of sp³-hybridized carbons (Fsp3) is 0.222. The van der Waals surface area contributed by atoms with Crippen LogP contribution < -0.4 is 0 Å². The van der Waals surface area contributed by atoms with Gasteiger partial charge in [0.1, 0.15) is 5.56 Å². The van der Waals surface area contributed by atoms with E-state index in [-0.39, 0.29) is 12.7 Å². The molecule has 0 saturated heterocycles. The van der Waals surface area contributed by atoms with E-state index in [4.69, 9.17) is 5.11 Å². The van der Waals surface area contributed by atoms with Crippen LogP contribution in [0, 0.1) is 17.5 Å². The lowest BCUT2D eigenvalue weighted by molar-refractivity contribution is 0.0512. The average Bonchev–Trinajstić information content (AvgIpc) is 2.16. The van der Waals surface area contributed by atoms with Gasteiger partial charge in [0.05, 0.1) is 6.61 Å². The fourth-order valence-corrected chi connectivity index (χ4v) is 0.973. The van der Waals surface area contributed by atoms with E-state index in [1.807, 2.05) is 0 Å². The van der Waals surface area contributed by atoms with Crippen molar-refractivity contribution in [2.75, 3.05) is 6.61 Å². The number of halogens is 3. The van der Waals surface area contributed by atoms with Crippen molar-refractivity contribution in [2.24, 2.45) is 0 Å². The fourth-order valence-electron chi connectivity index (χ4n) is 0.973. The lowest BCUT2D eigenvalue weighted by Gasteiger charge is -2.06. The van der Waals surface area contributed by atoms with Crippen LogP contribution in [0.25, 0.3) is 0 Å². The number of rotatable bonds is 2. The first-order valence-electron chi connectivity index (χ1n) is 4.02. The summed E-state index contributed by atoms with van der Waals surface area (Å²) in [5, 5.41) is 8.83. The van der Waals surface area contributed by atoms with Crippen molar-refractivity contribution < 1.29 is 27.8 Å². The van der Waals surface area contributed by atoms with Crippen LogP contribution in [0.2, 0.25) is 0 Å². The van der Waals surface area contributed by atoms with Crippen molar-refractivity contribution in [2.45, 2.75) is 6.92 Å².